The number of halogens is 2. The number of para-hydroxylation sites is 1. The molecule has 4 rings (SSSR count). The first-order valence-corrected chi connectivity index (χ1v) is 9.79. The zero-order chi connectivity index (χ0) is 20.2. The molecule has 1 aromatic heterocycles. The summed E-state index contributed by atoms with van der Waals surface area (Å²) in [7, 11) is 0. The molecule has 5 heteroatoms. The summed E-state index contributed by atoms with van der Waals surface area (Å²) >= 11 is 6.16. The van der Waals surface area contributed by atoms with Gasteiger partial charge in [0.15, 0.2) is 0 Å². The molecule has 4 aromatic rings. The number of carbonyl (C=O) groups excluding carboxylic acids is 1. The first kappa shape index (κ1) is 19.2. The molecule has 1 heterocycles. The van der Waals surface area contributed by atoms with Crippen molar-refractivity contribution in [3.8, 4) is 0 Å². The second kappa shape index (κ2) is 8.50. The minimum atomic E-state index is -0.248. The summed E-state index contributed by atoms with van der Waals surface area (Å²) in [5.41, 5.74) is 3.90. The second-order valence-corrected chi connectivity index (χ2v) is 7.38. The van der Waals surface area contributed by atoms with Crippen LogP contribution in [0.1, 0.15) is 16.7 Å². The van der Waals surface area contributed by atoms with Gasteiger partial charge in [-0.3, -0.25) is 4.79 Å². The highest BCUT2D eigenvalue weighted by molar-refractivity contribution is 6.31. The summed E-state index contributed by atoms with van der Waals surface area (Å²) in [5.74, 6) is -0.309. The van der Waals surface area contributed by atoms with Crippen LogP contribution < -0.4 is 5.32 Å². The maximum absolute atomic E-state index is 13.2. The molecule has 0 spiro atoms. The molecule has 1 N–H and O–H groups in total. The number of hydrogen-bond donors (Lipinski definition) is 1. The Hall–Kier alpha value is -3.11. The summed E-state index contributed by atoms with van der Waals surface area (Å²) in [6.07, 6.45) is 2.28. The monoisotopic (exact) mass is 406 g/mol. The molecule has 0 aliphatic carbocycles. The van der Waals surface area contributed by atoms with Crippen molar-refractivity contribution >= 4 is 28.4 Å². The van der Waals surface area contributed by atoms with Gasteiger partial charge < -0.3 is 9.88 Å². The number of carbonyl (C=O) groups is 1. The summed E-state index contributed by atoms with van der Waals surface area (Å²) < 4.78 is 15.3. The van der Waals surface area contributed by atoms with Crippen LogP contribution in [0.5, 0.6) is 0 Å². The fourth-order valence-corrected chi connectivity index (χ4v) is 3.65. The largest absolute Gasteiger partial charge is 0.352 e. The number of aromatic nitrogens is 1. The predicted molar refractivity (Wildman–Crippen MR) is 114 cm³/mol. The van der Waals surface area contributed by atoms with Gasteiger partial charge in [0.1, 0.15) is 5.82 Å². The van der Waals surface area contributed by atoms with E-state index in [2.05, 4.69) is 9.88 Å². The van der Waals surface area contributed by atoms with Gasteiger partial charge in [0, 0.05) is 35.2 Å². The van der Waals surface area contributed by atoms with Crippen LogP contribution in [-0.4, -0.2) is 10.5 Å². The lowest BCUT2D eigenvalue weighted by Gasteiger charge is -2.06. The SMILES string of the molecule is O=C(Cc1cn(Cc2ccc(F)cc2)c2ccccc12)NCc1ccccc1Cl. The third-order valence-corrected chi connectivity index (χ3v) is 5.29. The van der Waals surface area contributed by atoms with Crippen LogP contribution in [0.25, 0.3) is 10.9 Å². The third-order valence-electron chi connectivity index (χ3n) is 4.92. The Bertz CT molecular complexity index is 1150. The molecule has 0 saturated carbocycles. The van der Waals surface area contributed by atoms with E-state index in [0.717, 1.165) is 27.6 Å². The number of fused-ring (bicyclic) bond motifs is 1. The molecule has 3 aromatic carbocycles. The van der Waals surface area contributed by atoms with Crippen molar-refractivity contribution in [3.05, 3.63) is 107 Å². The van der Waals surface area contributed by atoms with Crippen molar-refractivity contribution in [1.29, 1.82) is 0 Å². The van der Waals surface area contributed by atoms with Gasteiger partial charge in [0.25, 0.3) is 0 Å². The standard InChI is InChI=1S/C24H20ClFN2O/c25-22-7-3-1-5-18(22)14-27-24(29)13-19-16-28(23-8-4-2-6-21(19)23)15-17-9-11-20(26)12-10-17/h1-12,16H,13-15H2,(H,27,29). The maximum atomic E-state index is 13.2. The molecule has 0 fully saturated rings. The topological polar surface area (TPSA) is 34.0 Å². The second-order valence-electron chi connectivity index (χ2n) is 6.97. The van der Waals surface area contributed by atoms with Gasteiger partial charge in [-0.2, -0.15) is 0 Å². The Kier molecular flexibility index (Phi) is 5.63. The molecule has 0 radical (unpaired) electrons. The van der Waals surface area contributed by atoms with Gasteiger partial charge in [-0.1, -0.05) is 60.1 Å². The zero-order valence-corrected chi connectivity index (χ0v) is 16.5. The number of nitrogens with zero attached hydrogens (tertiary/aromatic N) is 1. The average molecular weight is 407 g/mol. The van der Waals surface area contributed by atoms with Crippen LogP contribution in [0.4, 0.5) is 4.39 Å². The van der Waals surface area contributed by atoms with Crippen LogP contribution in [0, 0.1) is 5.82 Å². The van der Waals surface area contributed by atoms with Crippen LogP contribution in [0.3, 0.4) is 0 Å². The fourth-order valence-electron chi connectivity index (χ4n) is 3.45. The maximum Gasteiger partial charge on any atom is 0.224 e. The van der Waals surface area contributed by atoms with Gasteiger partial charge in [-0.15, -0.1) is 0 Å². The Balaban J connectivity index is 1.52. The molecule has 0 atom stereocenters. The number of hydrogen-bond acceptors (Lipinski definition) is 1. The van der Waals surface area contributed by atoms with E-state index in [1.54, 1.807) is 12.1 Å². The predicted octanol–water partition coefficient (Wildman–Crippen LogP) is 5.34. The van der Waals surface area contributed by atoms with Gasteiger partial charge >= 0.3 is 0 Å². The Morgan fingerprint density at radius 3 is 2.45 bits per heavy atom. The molecular weight excluding hydrogens is 387 g/mol. The van der Waals surface area contributed by atoms with Crippen molar-refractivity contribution in [2.45, 2.75) is 19.5 Å². The first-order valence-electron chi connectivity index (χ1n) is 9.41. The van der Waals surface area contributed by atoms with E-state index in [9.17, 15) is 9.18 Å². The highest BCUT2D eigenvalue weighted by Gasteiger charge is 2.12. The quantitative estimate of drug-likeness (QED) is 0.460. The fraction of sp³-hybridized carbons (Fsp3) is 0.125. The third kappa shape index (κ3) is 4.49. The van der Waals surface area contributed by atoms with Crippen LogP contribution in [0.15, 0.2) is 79.0 Å². The van der Waals surface area contributed by atoms with Crippen molar-refractivity contribution in [1.82, 2.24) is 9.88 Å². The summed E-state index contributed by atoms with van der Waals surface area (Å²) in [6.45, 7) is 1.01. The molecular formula is C24H20ClFN2O. The Morgan fingerprint density at radius 1 is 0.931 bits per heavy atom. The van der Waals surface area contributed by atoms with Crippen molar-refractivity contribution in [2.24, 2.45) is 0 Å². The highest BCUT2D eigenvalue weighted by Crippen LogP contribution is 2.23. The summed E-state index contributed by atoms with van der Waals surface area (Å²) in [6, 6.07) is 22.0. The number of nitrogens with one attached hydrogen (secondary N) is 1. The van der Waals surface area contributed by atoms with Crippen LogP contribution in [0.2, 0.25) is 5.02 Å². The zero-order valence-electron chi connectivity index (χ0n) is 15.7. The molecule has 29 heavy (non-hydrogen) atoms. The Labute approximate surface area is 173 Å². The lowest BCUT2D eigenvalue weighted by atomic mass is 10.1. The number of benzene rings is 3. The molecule has 3 nitrogen and oxygen atoms in total. The molecule has 146 valence electrons. The van der Waals surface area contributed by atoms with E-state index in [0.29, 0.717) is 18.1 Å². The minimum Gasteiger partial charge on any atom is -0.352 e. The summed E-state index contributed by atoms with van der Waals surface area (Å²) in [5, 5.41) is 4.63. The molecule has 0 aliphatic heterocycles. The smallest absolute Gasteiger partial charge is 0.224 e. The van der Waals surface area contributed by atoms with E-state index in [1.165, 1.54) is 12.1 Å². The van der Waals surface area contributed by atoms with Crippen LogP contribution >= 0.6 is 11.6 Å². The normalized spacial score (nSPS) is 11.0. The van der Waals surface area contributed by atoms with Gasteiger partial charge in [-0.05, 0) is 41.0 Å². The van der Waals surface area contributed by atoms with Crippen molar-refractivity contribution in [3.63, 3.8) is 0 Å². The molecule has 1 amide bonds. The van der Waals surface area contributed by atoms with Gasteiger partial charge in [0.05, 0.1) is 6.42 Å². The molecule has 0 unspecified atom stereocenters. The number of amides is 1. The molecule has 0 bridgehead atoms. The van der Waals surface area contributed by atoms with Gasteiger partial charge in [0.2, 0.25) is 5.91 Å². The Morgan fingerprint density at radius 2 is 1.66 bits per heavy atom. The van der Waals surface area contributed by atoms with E-state index in [1.807, 2.05) is 54.7 Å². The highest BCUT2D eigenvalue weighted by atomic mass is 35.5. The van der Waals surface area contributed by atoms with E-state index in [-0.39, 0.29) is 18.1 Å². The first-order chi connectivity index (χ1) is 14.1. The summed E-state index contributed by atoms with van der Waals surface area (Å²) in [4.78, 5) is 12.5. The average Bonchev–Trinajstić information content (AvgIpc) is 3.06. The van der Waals surface area contributed by atoms with E-state index >= 15 is 0 Å². The lowest BCUT2D eigenvalue weighted by Crippen LogP contribution is -2.24. The van der Waals surface area contributed by atoms with Gasteiger partial charge in [-0.25, -0.2) is 4.39 Å². The van der Waals surface area contributed by atoms with E-state index < -0.39 is 0 Å². The van der Waals surface area contributed by atoms with Crippen LogP contribution in [-0.2, 0) is 24.3 Å². The molecule has 0 aliphatic rings. The number of rotatable bonds is 6. The lowest BCUT2D eigenvalue weighted by molar-refractivity contribution is -0.120. The molecule has 0 saturated heterocycles. The van der Waals surface area contributed by atoms with Crippen molar-refractivity contribution in [2.75, 3.05) is 0 Å². The minimum absolute atomic E-state index is 0.0606. The van der Waals surface area contributed by atoms with Crippen molar-refractivity contribution < 1.29 is 9.18 Å². The van der Waals surface area contributed by atoms with E-state index in [4.69, 9.17) is 11.6 Å².